The van der Waals surface area contributed by atoms with Crippen LogP contribution in [0.4, 0.5) is 13.2 Å². The van der Waals surface area contributed by atoms with Gasteiger partial charge in [-0.15, -0.1) is 0 Å². The molecule has 0 saturated heterocycles. The molecule has 0 spiro atoms. The Balaban J connectivity index is 2.92. The molecule has 0 bridgehead atoms. The molecule has 90 valence electrons. The lowest BCUT2D eigenvalue weighted by molar-refractivity contribution is -0.137. The summed E-state index contributed by atoms with van der Waals surface area (Å²) in [6, 6.07) is 5.15. The average molecular weight is 233 g/mol. The normalized spacial score (nSPS) is 12.9. The topological polar surface area (TPSA) is 35.2 Å². The minimum atomic E-state index is -4.32. The van der Waals surface area contributed by atoms with E-state index in [4.69, 9.17) is 5.90 Å². The van der Waals surface area contributed by atoms with Gasteiger partial charge in [-0.3, -0.25) is 4.84 Å². The van der Waals surface area contributed by atoms with Crippen LogP contribution >= 0.6 is 0 Å². The average Bonchev–Trinajstić information content (AvgIpc) is 2.16. The van der Waals surface area contributed by atoms with Crippen molar-refractivity contribution in [2.45, 2.75) is 32.0 Å². The lowest BCUT2D eigenvalue weighted by atomic mass is 9.97. The summed E-state index contributed by atoms with van der Waals surface area (Å²) in [5.74, 6) is 5.06. The van der Waals surface area contributed by atoms with Crippen molar-refractivity contribution in [2.75, 3.05) is 0 Å². The van der Waals surface area contributed by atoms with E-state index in [1.807, 2.05) is 0 Å². The zero-order valence-corrected chi connectivity index (χ0v) is 9.14. The molecule has 16 heavy (non-hydrogen) atoms. The van der Waals surface area contributed by atoms with Gasteiger partial charge in [-0.25, -0.2) is 5.90 Å². The molecule has 0 aliphatic carbocycles. The second kappa shape index (κ2) is 4.43. The monoisotopic (exact) mass is 233 g/mol. The number of hydrogen-bond donors (Lipinski definition) is 1. The van der Waals surface area contributed by atoms with Crippen molar-refractivity contribution >= 4 is 0 Å². The molecule has 0 heterocycles. The van der Waals surface area contributed by atoms with Crippen LogP contribution in [-0.2, 0) is 17.4 Å². The quantitative estimate of drug-likeness (QED) is 0.815. The maximum atomic E-state index is 12.4. The number of hydrogen-bond acceptors (Lipinski definition) is 2. The van der Waals surface area contributed by atoms with Crippen molar-refractivity contribution in [3.8, 4) is 0 Å². The highest BCUT2D eigenvalue weighted by atomic mass is 19.4. The summed E-state index contributed by atoms with van der Waals surface area (Å²) >= 11 is 0. The van der Waals surface area contributed by atoms with Crippen LogP contribution in [0, 0.1) is 0 Å². The molecule has 0 saturated carbocycles. The fourth-order valence-corrected chi connectivity index (χ4v) is 1.39. The third kappa shape index (κ3) is 3.50. The lowest BCUT2D eigenvalue weighted by Gasteiger charge is -2.22. The molecule has 0 atom stereocenters. The first-order chi connectivity index (χ1) is 7.24. The molecule has 0 fully saturated rings. The van der Waals surface area contributed by atoms with Gasteiger partial charge in [0.25, 0.3) is 0 Å². The largest absolute Gasteiger partial charge is 0.416 e. The van der Waals surface area contributed by atoms with Crippen LogP contribution in [0.1, 0.15) is 25.0 Å². The van der Waals surface area contributed by atoms with Crippen LogP contribution < -0.4 is 5.90 Å². The molecular formula is C11H14F3NO. The summed E-state index contributed by atoms with van der Waals surface area (Å²) in [5, 5.41) is 0. The Labute approximate surface area is 92.2 Å². The summed E-state index contributed by atoms with van der Waals surface area (Å²) < 4.78 is 37.3. The van der Waals surface area contributed by atoms with E-state index in [0.717, 1.165) is 12.1 Å². The predicted molar refractivity (Wildman–Crippen MR) is 54.5 cm³/mol. The molecule has 0 amide bonds. The maximum absolute atomic E-state index is 12.4. The van der Waals surface area contributed by atoms with Crippen molar-refractivity contribution < 1.29 is 18.0 Å². The van der Waals surface area contributed by atoms with Gasteiger partial charge in [0.15, 0.2) is 0 Å². The van der Waals surface area contributed by atoms with E-state index in [9.17, 15) is 13.2 Å². The fourth-order valence-electron chi connectivity index (χ4n) is 1.39. The fraction of sp³-hybridized carbons (Fsp3) is 0.455. The second-order valence-electron chi connectivity index (χ2n) is 4.25. The van der Waals surface area contributed by atoms with Crippen molar-refractivity contribution in [1.82, 2.24) is 0 Å². The molecule has 2 nitrogen and oxygen atoms in total. The van der Waals surface area contributed by atoms with Gasteiger partial charge in [0.05, 0.1) is 11.2 Å². The molecule has 1 aromatic rings. The van der Waals surface area contributed by atoms with Crippen LogP contribution in [0.25, 0.3) is 0 Å². The van der Waals surface area contributed by atoms with Gasteiger partial charge in [0, 0.05) is 6.42 Å². The molecule has 0 aliphatic heterocycles. The van der Waals surface area contributed by atoms with Gasteiger partial charge >= 0.3 is 6.18 Å². The first-order valence-electron chi connectivity index (χ1n) is 4.79. The van der Waals surface area contributed by atoms with E-state index in [-0.39, 0.29) is 0 Å². The minimum absolute atomic E-state index is 0.327. The third-order valence-corrected chi connectivity index (χ3v) is 2.20. The van der Waals surface area contributed by atoms with Crippen LogP contribution in [0.5, 0.6) is 0 Å². The standard InChI is InChI=1S/C11H14F3NO/c1-10(2,16-15)7-8-4-3-5-9(6-8)11(12,13)14/h3-6H,7,15H2,1-2H3. The van der Waals surface area contributed by atoms with E-state index in [2.05, 4.69) is 4.84 Å². The molecule has 0 unspecified atom stereocenters. The van der Waals surface area contributed by atoms with Gasteiger partial charge in [-0.2, -0.15) is 13.2 Å². The van der Waals surface area contributed by atoms with Gasteiger partial charge in [-0.05, 0) is 25.5 Å². The van der Waals surface area contributed by atoms with E-state index in [1.54, 1.807) is 19.9 Å². The molecular weight excluding hydrogens is 219 g/mol. The van der Waals surface area contributed by atoms with E-state index < -0.39 is 17.3 Å². The minimum Gasteiger partial charge on any atom is -0.298 e. The zero-order chi connectivity index (χ0) is 12.4. The van der Waals surface area contributed by atoms with E-state index in [0.29, 0.717) is 12.0 Å². The molecule has 1 aromatic carbocycles. The van der Waals surface area contributed by atoms with Crippen molar-refractivity contribution in [3.05, 3.63) is 35.4 Å². The molecule has 0 aliphatic rings. The number of benzene rings is 1. The van der Waals surface area contributed by atoms with Crippen molar-refractivity contribution in [1.29, 1.82) is 0 Å². The number of rotatable bonds is 3. The summed E-state index contributed by atoms with van der Waals surface area (Å²) in [7, 11) is 0. The Bertz CT molecular complexity index is 360. The molecule has 0 radical (unpaired) electrons. The lowest BCUT2D eigenvalue weighted by Crippen LogP contribution is -2.30. The summed E-state index contributed by atoms with van der Waals surface area (Å²) in [6.45, 7) is 3.43. The predicted octanol–water partition coefficient (Wildman–Crippen LogP) is 2.92. The highest BCUT2D eigenvalue weighted by Crippen LogP contribution is 2.30. The van der Waals surface area contributed by atoms with Crippen LogP contribution in [0.15, 0.2) is 24.3 Å². The molecule has 2 N–H and O–H groups in total. The summed E-state index contributed by atoms with van der Waals surface area (Å²) in [5.41, 5.74) is -0.785. The first kappa shape index (κ1) is 13.0. The smallest absolute Gasteiger partial charge is 0.298 e. The van der Waals surface area contributed by atoms with Gasteiger partial charge in [0.2, 0.25) is 0 Å². The van der Waals surface area contributed by atoms with Crippen LogP contribution in [0.2, 0.25) is 0 Å². The summed E-state index contributed by atoms with van der Waals surface area (Å²) in [6.07, 6.45) is -3.99. The third-order valence-electron chi connectivity index (χ3n) is 2.20. The Hall–Kier alpha value is -1.07. The number of nitrogens with two attached hydrogens (primary N) is 1. The van der Waals surface area contributed by atoms with E-state index in [1.165, 1.54) is 6.07 Å². The Kier molecular flexibility index (Phi) is 3.60. The SMILES string of the molecule is CC(C)(Cc1cccc(C(F)(F)F)c1)ON. The first-order valence-corrected chi connectivity index (χ1v) is 4.79. The molecule has 0 aromatic heterocycles. The number of halogens is 3. The zero-order valence-electron chi connectivity index (χ0n) is 9.14. The highest BCUT2D eigenvalue weighted by Gasteiger charge is 2.30. The Morgan fingerprint density at radius 1 is 1.25 bits per heavy atom. The molecule has 1 rings (SSSR count). The van der Waals surface area contributed by atoms with Crippen molar-refractivity contribution in [2.24, 2.45) is 5.90 Å². The second-order valence-corrected chi connectivity index (χ2v) is 4.25. The maximum Gasteiger partial charge on any atom is 0.416 e. The van der Waals surface area contributed by atoms with Gasteiger partial charge in [0.1, 0.15) is 0 Å². The summed E-state index contributed by atoms with van der Waals surface area (Å²) in [4.78, 5) is 4.69. The molecule has 5 heteroatoms. The highest BCUT2D eigenvalue weighted by molar-refractivity contribution is 5.26. The van der Waals surface area contributed by atoms with Crippen LogP contribution in [-0.4, -0.2) is 5.60 Å². The van der Waals surface area contributed by atoms with Gasteiger partial charge in [-0.1, -0.05) is 18.2 Å². The Morgan fingerprint density at radius 3 is 2.38 bits per heavy atom. The van der Waals surface area contributed by atoms with E-state index >= 15 is 0 Å². The Morgan fingerprint density at radius 2 is 1.88 bits per heavy atom. The van der Waals surface area contributed by atoms with Crippen LogP contribution in [0.3, 0.4) is 0 Å². The van der Waals surface area contributed by atoms with Crippen molar-refractivity contribution in [3.63, 3.8) is 0 Å². The van der Waals surface area contributed by atoms with Gasteiger partial charge < -0.3 is 0 Å². The number of alkyl halides is 3.